The van der Waals surface area contributed by atoms with E-state index in [1.165, 1.54) is 37.8 Å². The van der Waals surface area contributed by atoms with Crippen molar-refractivity contribution in [3.05, 3.63) is 35.4 Å². The molecule has 2 rings (SSSR count). The Morgan fingerprint density at radius 2 is 1.80 bits per heavy atom. The van der Waals surface area contributed by atoms with Gasteiger partial charge in [-0.1, -0.05) is 12.8 Å². The summed E-state index contributed by atoms with van der Waals surface area (Å²) in [4.78, 5) is 2.28. The summed E-state index contributed by atoms with van der Waals surface area (Å²) >= 11 is 0. The molecule has 0 spiro atoms. The van der Waals surface area contributed by atoms with Crippen LogP contribution < -0.4 is 5.73 Å². The SMILES string of the molecule is CN(CCC(N)c1cc(F)cc(F)c1)CC1CCCC1. The fourth-order valence-corrected chi connectivity index (χ4v) is 3.04. The summed E-state index contributed by atoms with van der Waals surface area (Å²) in [5.41, 5.74) is 6.57. The molecule has 0 bridgehead atoms. The maximum Gasteiger partial charge on any atom is 0.126 e. The van der Waals surface area contributed by atoms with Gasteiger partial charge in [-0.3, -0.25) is 0 Å². The maximum absolute atomic E-state index is 13.2. The molecule has 0 saturated heterocycles. The molecule has 0 amide bonds. The first-order valence-corrected chi connectivity index (χ1v) is 7.44. The standard InChI is InChI=1S/C16H24F2N2/c1-20(11-12-4-2-3-5-12)7-6-16(19)13-8-14(17)10-15(18)9-13/h8-10,12,16H,2-7,11,19H2,1H3. The minimum absolute atomic E-state index is 0.314. The molecule has 0 aromatic heterocycles. The first-order chi connectivity index (χ1) is 9.54. The zero-order valence-electron chi connectivity index (χ0n) is 12.1. The Hall–Kier alpha value is -1.00. The molecule has 1 saturated carbocycles. The lowest BCUT2D eigenvalue weighted by molar-refractivity contribution is 0.268. The largest absolute Gasteiger partial charge is 0.324 e. The maximum atomic E-state index is 13.2. The van der Waals surface area contributed by atoms with Crippen LogP contribution in [0.4, 0.5) is 8.78 Å². The van der Waals surface area contributed by atoms with Crippen molar-refractivity contribution < 1.29 is 8.78 Å². The van der Waals surface area contributed by atoms with Gasteiger partial charge < -0.3 is 10.6 Å². The Kier molecular flexibility index (Phi) is 5.49. The minimum Gasteiger partial charge on any atom is -0.324 e. The fraction of sp³-hybridized carbons (Fsp3) is 0.625. The van der Waals surface area contributed by atoms with Crippen LogP contribution in [0.25, 0.3) is 0 Å². The van der Waals surface area contributed by atoms with Crippen molar-refractivity contribution in [2.24, 2.45) is 11.7 Å². The molecule has 0 heterocycles. The molecule has 20 heavy (non-hydrogen) atoms. The Bertz CT molecular complexity index is 410. The Balaban J connectivity index is 1.80. The molecule has 1 unspecified atom stereocenters. The van der Waals surface area contributed by atoms with Crippen molar-refractivity contribution >= 4 is 0 Å². The molecule has 2 N–H and O–H groups in total. The molecule has 1 atom stereocenters. The highest BCUT2D eigenvalue weighted by molar-refractivity contribution is 5.21. The second kappa shape index (κ2) is 7.14. The monoisotopic (exact) mass is 282 g/mol. The summed E-state index contributed by atoms with van der Waals surface area (Å²) in [7, 11) is 2.09. The summed E-state index contributed by atoms with van der Waals surface area (Å²) in [6.07, 6.45) is 6.06. The number of benzene rings is 1. The van der Waals surface area contributed by atoms with Crippen molar-refractivity contribution in [1.29, 1.82) is 0 Å². The second-order valence-corrected chi connectivity index (χ2v) is 6.01. The van der Waals surface area contributed by atoms with E-state index in [0.29, 0.717) is 12.0 Å². The third-order valence-electron chi connectivity index (χ3n) is 4.18. The van der Waals surface area contributed by atoms with E-state index in [4.69, 9.17) is 5.73 Å². The quantitative estimate of drug-likeness (QED) is 0.865. The van der Waals surface area contributed by atoms with E-state index in [0.717, 1.165) is 25.1 Å². The molecule has 1 aliphatic carbocycles. The van der Waals surface area contributed by atoms with Crippen LogP contribution in [0.2, 0.25) is 0 Å². The molecule has 1 aromatic rings. The van der Waals surface area contributed by atoms with Crippen LogP contribution >= 0.6 is 0 Å². The third-order valence-corrected chi connectivity index (χ3v) is 4.18. The molecule has 112 valence electrons. The zero-order valence-corrected chi connectivity index (χ0v) is 12.1. The van der Waals surface area contributed by atoms with Gasteiger partial charge in [0.15, 0.2) is 0 Å². The molecule has 4 heteroatoms. The van der Waals surface area contributed by atoms with Gasteiger partial charge in [-0.05, 0) is 56.5 Å². The van der Waals surface area contributed by atoms with Crippen LogP contribution in [0.5, 0.6) is 0 Å². The highest BCUT2D eigenvalue weighted by Crippen LogP contribution is 2.25. The van der Waals surface area contributed by atoms with Crippen LogP contribution in [0.1, 0.15) is 43.7 Å². The molecular weight excluding hydrogens is 258 g/mol. The van der Waals surface area contributed by atoms with Gasteiger partial charge in [0.2, 0.25) is 0 Å². The highest BCUT2D eigenvalue weighted by atomic mass is 19.1. The summed E-state index contributed by atoms with van der Waals surface area (Å²) < 4.78 is 26.3. The van der Waals surface area contributed by atoms with Gasteiger partial charge in [-0.15, -0.1) is 0 Å². The average molecular weight is 282 g/mol. The summed E-state index contributed by atoms with van der Waals surface area (Å²) in [5.74, 6) is -0.313. The smallest absolute Gasteiger partial charge is 0.126 e. The van der Waals surface area contributed by atoms with E-state index in [1.54, 1.807) is 0 Å². The van der Waals surface area contributed by atoms with Crippen molar-refractivity contribution in [2.45, 2.75) is 38.1 Å². The number of hydrogen-bond donors (Lipinski definition) is 1. The number of nitrogens with zero attached hydrogens (tertiary/aromatic N) is 1. The number of halogens is 2. The third kappa shape index (κ3) is 4.53. The van der Waals surface area contributed by atoms with Gasteiger partial charge in [-0.2, -0.15) is 0 Å². The number of hydrogen-bond acceptors (Lipinski definition) is 2. The molecule has 0 radical (unpaired) electrons. The number of nitrogens with two attached hydrogens (primary N) is 1. The van der Waals surface area contributed by atoms with E-state index >= 15 is 0 Å². The van der Waals surface area contributed by atoms with Gasteiger partial charge in [0.1, 0.15) is 11.6 Å². The average Bonchev–Trinajstić information content (AvgIpc) is 2.87. The fourth-order valence-electron chi connectivity index (χ4n) is 3.04. The summed E-state index contributed by atoms with van der Waals surface area (Å²) in [6.45, 7) is 1.96. The second-order valence-electron chi connectivity index (χ2n) is 6.01. The van der Waals surface area contributed by atoms with Crippen LogP contribution in [0.15, 0.2) is 18.2 Å². The molecule has 2 nitrogen and oxygen atoms in total. The van der Waals surface area contributed by atoms with Crippen LogP contribution in [-0.4, -0.2) is 25.0 Å². The van der Waals surface area contributed by atoms with Gasteiger partial charge in [0, 0.05) is 18.7 Å². The van der Waals surface area contributed by atoms with E-state index in [2.05, 4.69) is 11.9 Å². The van der Waals surface area contributed by atoms with E-state index < -0.39 is 11.6 Å². The lowest BCUT2D eigenvalue weighted by Gasteiger charge is -2.22. The highest BCUT2D eigenvalue weighted by Gasteiger charge is 2.17. The molecule has 1 aliphatic rings. The zero-order chi connectivity index (χ0) is 14.5. The van der Waals surface area contributed by atoms with Crippen molar-refractivity contribution in [3.8, 4) is 0 Å². The normalized spacial score (nSPS) is 17.9. The van der Waals surface area contributed by atoms with E-state index in [1.807, 2.05) is 0 Å². The van der Waals surface area contributed by atoms with Gasteiger partial charge in [0.05, 0.1) is 0 Å². The van der Waals surface area contributed by atoms with Gasteiger partial charge in [0.25, 0.3) is 0 Å². The van der Waals surface area contributed by atoms with Crippen molar-refractivity contribution in [3.63, 3.8) is 0 Å². The van der Waals surface area contributed by atoms with Crippen molar-refractivity contribution in [1.82, 2.24) is 4.90 Å². The van der Waals surface area contributed by atoms with E-state index in [-0.39, 0.29) is 6.04 Å². The Morgan fingerprint density at radius 1 is 1.20 bits per heavy atom. The summed E-state index contributed by atoms with van der Waals surface area (Å²) in [6, 6.07) is 3.21. The van der Waals surface area contributed by atoms with Crippen molar-refractivity contribution in [2.75, 3.05) is 20.1 Å². The lowest BCUT2D eigenvalue weighted by atomic mass is 10.0. The molecule has 1 fully saturated rings. The van der Waals surface area contributed by atoms with Crippen LogP contribution in [-0.2, 0) is 0 Å². The molecular formula is C16H24F2N2. The van der Waals surface area contributed by atoms with E-state index in [9.17, 15) is 8.78 Å². The van der Waals surface area contributed by atoms with Gasteiger partial charge in [-0.25, -0.2) is 8.78 Å². The topological polar surface area (TPSA) is 29.3 Å². The molecule has 1 aromatic carbocycles. The predicted molar refractivity (Wildman–Crippen MR) is 77.4 cm³/mol. The predicted octanol–water partition coefficient (Wildman–Crippen LogP) is 3.48. The first kappa shape index (κ1) is 15.4. The number of rotatable bonds is 6. The van der Waals surface area contributed by atoms with Crippen LogP contribution in [0.3, 0.4) is 0 Å². The lowest BCUT2D eigenvalue weighted by Crippen LogP contribution is -2.28. The Morgan fingerprint density at radius 3 is 2.40 bits per heavy atom. The van der Waals surface area contributed by atoms with Crippen LogP contribution in [0, 0.1) is 17.6 Å². The molecule has 0 aliphatic heterocycles. The van der Waals surface area contributed by atoms with Gasteiger partial charge >= 0.3 is 0 Å². The summed E-state index contributed by atoms with van der Waals surface area (Å²) in [5, 5.41) is 0. The first-order valence-electron chi connectivity index (χ1n) is 7.44. The Labute approximate surface area is 120 Å². The minimum atomic E-state index is -0.560.